The molecule has 0 aliphatic carbocycles. The van der Waals surface area contributed by atoms with Crippen molar-refractivity contribution >= 4 is 0 Å². The Balaban J connectivity index is 1.88. The molecule has 2 heterocycles. The molecule has 0 saturated carbocycles. The molecule has 0 unspecified atom stereocenters. The average molecular weight is 181 g/mol. The zero-order valence-electron chi connectivity index (χ0n) is 7.92. The molecule has 1 aromatic rings. The molecule has 0 spiro atoms. The third kappa shape index (κ3) is 2.06. The number of nitrogens with zero attached hydrogens (tertiary/aromatic N) is 2. The molecule has 1 aromatic heterocycles. The number of nitrogens with one attached hydrogen (secondary N) is 1. The fourth-order valence-electron chi connectivity index (χ4n) is 1.44. The highest BCUT2D eigenvalue weighted by molar-refractivity contribution is 4.91. The maximum atomic E-state index is 5.09. The number of rotatable bonds is 4. The molecule has 72 valence electrons. The summed E-state index contributed by atoms with van der Waals surface area (Å²) in [6.07, 6.45) is 2.92. The van der Waals surface area contributed by atoms with Crippen molar-refractivity contribution < 1.29 is 4.52 Å². The molecule has 4 nitrogen and oxygen atoms in total. The molecule has 0 radical (unpaired) electrons. The molecule has 1 N–H and O–H groups in total. The molecule has 0 aromatic carbocycles. The summed E-state index contributed by atoms with van der Waals surface area (Å²) in [4.78, 5) is 4.32. The van der Waals surface area contributed by atoms with Crippen molar-refractivity contribution in [2.24, 2.45) is 5.92 Å². The van der Waals surface area contributed by atoms with Gasteiger partial charge in [-0.05, 0) is 25.4 Å². The summed E-state index contributed by atoms with van der Waals surface area (Å²) in [5, 5.41) is 7.17. The van der Waals surface area contributed by atoms with Gasteiger partial charge in [-0.3, -0.25) is 0 Å². The predicted octanol–water partition coefficient (Wildman–Crippen LogP) is 0.784. The van der Waals surface area contributed by atoms with Crippen LogP contribution in [0, 0.1) is 5.92 Å². The van der Waals surface area contributed by atoms with E-state index in [1.54, 1.807) is 0 Å². The zero-order valence-corrected chi connectivity index (χ0v) is 7.92. The molecule has 0 atom stereocenters. The van der Waals surface area contributed by atoms with E-state index in [0.29, 0.717) is 5.92 Å². The zero-order chi connectivity index (χ0) is 9.10. The third-order valence-corrected chi connectivity index (χ3v) is 2.31. The van der Waals surface area contributed by atoms with Crippen molar-refractivity contribution in [1.82, 2.24) is 15.5 Å². The van der Waals surface area contributed by atoms with Crippen LogP contribution in [0.5, 0.6) is 0 Å². The topological polar surface area (TPSA) is 51.0 Å². The summed E-state index contributed by atoms with van der Waals surface area (Å²) >= 11 is 0. The van der Waals surface area contributed by atoms with Crippen molar-refractivity contribution in [3.05, 3.63) is 11.7 Å². The normalized spacial score (nSPS) is 17.3. The van der Waals surface area contributed by atoms with Gasteiger partial charge in [0.25, 0.3) is 0 Å². The highest BCUT2D eigenvalue weighted by atomic mass is 16.5. The van der Waals surface area contributed by atoms with Crippen LogP contribution in [0.25, 0.3) is 0 Å². The van der Waals surface area contributed by atoms with E-state index < -0.39 is 0 Å². The molecular weight excluding hydrogens is 166 g/mol. The molecule has 1 fully saturated rings. The van der Waals surface area contributed by atoms with Crippen LogP contribution >= 0.6 is 0 Å². The Morgan fingerprint density at radius 3 is 3.00 bits per heavy atom. The van der Waals surface area contributed by atoms with Gasteiger partial charge in [-0.25, -0.2) is 0 Å². The Bertz CT molecular complexity index is 268. The fraction of sp³-hybridized carbons (Fsp3) is 0.778. The van der Waals surface area contributed by atoms with Crippen molar-refractivity contribution in [3.8, 4) is 0 Å². The standard InChI is InChI=1S/C9H15N3O/c1-2-3-9-11-8(12-13-9)4-7-5-10-6-7/h7,10H,2-6H2,1H3. The van der Waals surface area contributed by atoms with E-state index in [0.717, 1.165) is 44.1 Å². The molecule has 13 heavy (non-hydrogen) atoms. The molecule has 1 aliphatic rings. The Kier molecular flexibility index (Phi) is 2.59. The monoisotopic (exact) mass is 181 g/mol. The summed E-state index contributed by atoms with van der Waals surface area (Å²) in [6.45, 7) is 4.30. The highest BCUT2D eigenvalue weighted by Crippen LogP contribution is 2.10. The van der Waals surface area contributed by atoms with Crippen molar-refractivity contribution in [3.63, 3.8) is 0 Å². The lowest BCUT2D eigenvalue weighted by Crippen LogP contribution is -2.43. The van der Waals surface area contributed by atoms with E-state index in [1.165, 1.54) is 0 Å². The van der Waals surface area contributed by atoms with E-state index in [-0.39, 0.29) is 0 Å². The summed E-state index contributed by atoms with van der Waals surface area (Å²) in [7, 11) is 0. The average Bonchev–Trinajstić information content (AvgIpc) is 2.46. The lowest BCUT2D eigenvalue weighted by Gasteiger charge is -2.25. The van der Waals surface area contributed by atoms with Gasteiger partial charge >= 0.3 is 0 Å². The summed E-state index contributed by atoms with van der Waals surface area (Å²) in [6, 6.07) is 0. The van der Waals surface area contributed by atoms with Gasteiger partial charge in [0, 0.05) is 12.8 Å². The first-order chi connectivity index (χ1) is 6.38. The Labute approximate surface area is 77.7 Å². The SMILES string of the molecule is CCCc1nc(CC2CNC2)no1. The van der Waals surface area contributed by atoms with Crippen LogP contribution in [0.3, 0.4) is 0 Å². The Morgan fingerprint density at radius 2 is 2.38 bits per heavy atom. The molecule has 0 bridgehead atoms. The van der Waals surface area contributed by atoms with E-state index in [1.807, 2.05) is 0 Å². The van der Waals surface area contributed by atoms with Gasteiger partial charge in [-0.1, -0.05) is 12.1 Å². The maximum absolute atomic E-state index is 5.09. The van der Waals surface area contributed by atoms with Crippen LogP contribution < -0.4 is 5.32 Å². The second kappa shape index (κ2) is 3.87. The molecule has 4 heteroatoms. The van der Waals surface area contributed by atoms with Crippen LogP contribution in [0.15, 0.2) is 4.52 Å². The number of hydrogen-bond donors (Lipinski definition) is 1. The van der Waals surface area contributed by atoms with Gasteiger partial charge < -0.3 is 9.84 Å². The molecule has 0 amide bonds. The lowest BCUT2D eigenvalue weighted by atomic mass is 9.99. The number of aromatic nitrogens is 2. The van der Waals surface area contributed by atoms with Gasteiger partial charge in [0.1, 0.15) is 0 Å². The van der Waals surface area contributed by atoms with Crippen LogP contribution in [-0.4, -0.2) is 23.2 Å². The Hall–Kier alpha value is -0.900. The molecule has 1 aliphatic heterocycles. The van der Waals surface area contributed by atoms with E-state index >= 15 is 0 Å². The minimum atomic E-state index is 0.715. The fourth-order valence-corrected chi connectivity index (χ4v) is 1.44. The van der Waals surface area contributed by atoms with E-state index in [9.17, 15) is 0 Å². The number of hydrogen-bond acceptors (Lipinski definition) is 4. The molecule has 2 rings (SSSR count). The van der Waals surface area contributed by atoms with Crippen molar-refractivity contribution in [1.29, 1.82) is 0 Å². The van der Waals surface area contributed by atoms with Gasteiger partial charge in [0.15, 0.2) is 5.82 Å². The molecule has 1 saturated heterocycles. The second-order valence-electron chi connectivity index (χ2n) is 3.58. The highest BCUT2D eigenvalue weighted by Gasteiger charge is 2.19. The smallest absolute Gasteiger partial charge is 0.226 e. The minimum absolute atomic E-state index is 0.715. The van der Waals surface area contributed by atoms with Crippen LogP contribution in [-0.2, 0) is 12.8 Å². The quantitative estimate of drug-likeness (QED) is 0.746. The van der Waals surface area contributed by atoms with Crippen LogP contribution in [0.1, 0.15) is 25.1 Å². The van der Waals surface area contributed by atoms with Gasteiger partial charge in [0.05, 0.1) is 0 Å². The van der Waals surface area contributed by atoms with Gasteiger partial charge in [-0.2, -0.15) is 4.98 Å². The second-order valence-corrected chi connectivity index (χ2v) is 3.58. The maximum Gasteiger partial charge on any atom is 0.226 e. The predicted molar refractivity (Wildman–Crippen MR) is 48.4 cm³/mol. The van der Waals surface area contributed by atoms with Gasteiger partial charge in [-0.15, -0.1) is 0 Å². The summed E-state index contributed by atoms with van der Waals surface area (Å²) in [5.74, 6) is 2.37. The Morgan fingerprint density at radius 1 is 1.54 bits per heavy atom. The van der Waals surface area contributed by atoms with Crippen LogP contribution in [0.2, 0.25) is 0 Å². The van der Waals surface area contributed by atoms with Crippen LogP contribution in [0.4, 0.5) is 0 Å². The first-order valence-electron chi connectivity index (χ1n) is 4.90. The lowest BCUT2D eigenvalue weighted by molar-refractivity contribution is 0.329. The van der Waals surface area contributed by atoms with Gasteiger partial charge in [0.2, 0.25) is 5.89 Å². The van der Waals surface area contributed by atoms with Crippen molar-refractivity contribution in [2.45, 2.75) is 26.2 Å². The molecular formula is C9H15N3O. The summed E-state index contributed by atoms with van der Waals surface area (Å²) in [5.41, 5.74) is 0. The first kappa shape index (κ1) is 8.69. The van der Waals surface area contributed by atoms with E-state index in [2.05, 4.69) is 22.4 Å². The summed E-state index contributed by atoms with van der Waals surface area (Å²) < 4.78 is 5.09. The van der Waals surface area contributed by atoms with Crippen molar-refractivity contribution in [2.75, 3.05) is 13.1 Å². The largest absolute Gasteiger partial charge is 0.339 e. The number of aryl methyl sites for hydroxylation is 1. The van der Waals surface area contributed by atoms with E-state index in [4.69, 9.17) is 4.52 Å². The third-order valence-electron chi connectivity index (χ3n) is 2.31. The minimum Gasteiger partial charge on any atom is -0.339 e. The first-order valence-corrected chi connectivity index (χ1v) is 4.90.